The van der Waals surface area contributed by atoms with Gasteiger partial charge < -0.3 is 10.1 Å². The van der Waals surface area contributed by atoms with E-state index in [0.717, 1.165) is 42.0 Å². The normalized spacial score (nSPS) is 14.3. The van der Waals surface area contributed by atoms with E-state index in [9.17, 15) is 4.79 Å². The number of hydrogen-bond donors (Lipinski definition) is 1. The highest BCUT2D eigenvalue weighted by Gasteiger charge is 2.19. The number of hydrogen-bond acceptors (Lipinski definition) is 2. The number of ether oxygens (including phenoxy) is 1. The third kappa shape index (κ3) is 5.49. The number of carbonyl (C=O) groups excluding carboxylic acids is 1. The molecule has 2 aromatic carbocycles. The van der Waals surface area contributed by atoms with E-state index < -0.39 is 6.10 Å². The number of fused-ring (bicyclic) bond motifs is 1. The number of amides is 1. The lowest BCUT2D eigenvalue weighted by Gasteiger charge is -2.20. The average molecular weight is 386 g/mol. The van der Waals surface area contributed by atoms with Crippen molar-refractivity contribution >= 4 is 17.5 Å². The van der Waals surface area contributed by atoms with Crippen molar-refractivity contribution in [1.29, 1.82) is 0 Å². The summed E-state index contributed by atoms with van der Waals surface area (Å²) in [5.74, 6) is 0.753. The van der Waals surface area contributed by atoms with Gasteiger partial charge in [-0.1, -0.05) is 42.8 Å². The maximum Gasteiger partial charge on any atom is 0.261 e. The Labute approximate surface area is 167 Å². The second-order valence-corrected chi connectivity index (χ2v) is 7.55. The van der Waals surface area contributed by atoms with Crippen LogP contribution in [0.1, 0.15) is 49.3 Å². The second kappa shape index (κ2) is 9.80. The Hall–Kier alpha value is -2.00. The fourth-order valence-electron chi connectivity index (χ4n) is 3.58. The van der Waals surface area contributed by atoms with E-state index in [0.29, 0.717) is 13.0 Å². The molecule has 0 saturated carbocycles. The van der Waals surface area contributed by atoms with Gasteiger partial charge in [-0.25, -0.2) is 0 Å². The molecule has 1 aliphatic rings. The minimum absolute atomic E-state index is 0.0469. The lowest BCUT2D eigenvalue weighted by atomic mass is 9.92. The fraction of sp³-hybridized carbons (Fsp3) is 0.435. The molecule has 0 saturated heterocycles. The van der Waals surface area contributed by atoms with Crippen LogP contribution < -0.4 is 10.1 Å². The standard InChI is InChI=1S/C23H28ClNO2/c1-2-22(27-20-14-13-17-8-3-4-10-19(17)16-20)23(26)25-15-7-11-18-9-5-6-12-21(18)24/h5-6,9,12-14,16,22H,2-4,7-8,10-11,15H2,1H3,(H,25,26)/t22-/m1/s1. The summed E-state index contributed by atoms with van der Waals surface area (Å²) in [5.41, 5.74) is 3.91. The first-order chi connectivity index (χ1) is 13.2. The van der Waals surface area contributed by atoms with Gasteiger partial charge >= 0.3 is 0 Å². The number of halogens is 1. The first-order valence-corrected chi connectivity index (χ1v) is 10.3. The molecule has 1 N–H and O–H groups in total. The Morgan fingerprint density at radius 3 is 2.70 bits per heavy atom. The number of nitrogens with one attached hydrogen (secondary N) is 1. The van der Waals surface area contributed by atoms with Crippen LogP contribution in [0.3, 0.4) is 0 Å². The zero-order valence-corrected chi connectivity index (χ0v) is 16.7. The van der Waals surface area contributed by atoms with Gasteiger partial charge in [0.25, 0.3) is 5.91 Å². The summed E-state index contributed by atoms with van der Waals surface area (Å²) in [6, 6.07) is 14.1. The van der Waals surface area contributed by atoms with E-state index in [2.05, 4.69) is 17.4 Å². The Morgan fingerprint density at radius 2 is 1.93 bits per heavy atom. The largest absolute Gasteiger partial charge is 0.481 e. The number of rotatable bonds is 8. The van der Waals surface area contributed by atoms with Crippen LogP contribution in [-0.2, 0) is 24.1 Å². The maximum absolute atomic E-state index is 12.5. The highest BCUT2D eigenvalue weighted by molar-refractivity contribution is 6.31. The molecular weight excluding hydrogens is 358 g/mol. The second-order valence-electron chi connectivity index (χ2n) is 7.14. The van der Waals surface area contributed by atoms with Gasteiger partial charge in [-0.15, -0.1) is 0 Å². The Balaban J connectivity index is 1.48. The summed E-state index contributed by atoms with van der Waals surface area (Å²) in [7, 11) is 0. The van der Waals surface area contributed by atoms with Gasteiger partial charge in [0.2, 0.25) is 0 Å². The molecule has 0 spiro atoms. The van der Waals surface area contributed by atoms with Gasteiger partial charge in [-0.2, -0.15) is 0 Å². The van der Waals surface area contributed by atoms with Crippen LogP contribution in [0.5, 0.6) is 5.75 Å². The van der Waals surface area contributed by atoms with Crippen LogP contribution in [-0.4, -0.2) is 18.6 Å². The molecule has 3 rings (SSSR count). The Morgan fingerprint density at radius 1 is 1.15 bits per heavy atom. The zero-order valence-electron chi connectivity index (χ0n) is 16.0. The molecule has 0 aromatic heterocycles. The molecule has 0 radical (unpaired) electrons. The first-order valence-electron chi connectivity index (χ1n) is 9.97. The molecule has 0 fully saturated rings. The highest BCUT2D eigenvalue weighted by Crippen LogP contribution is 2.26. The van der Waals surface area contributed by atoms with Crippen LogP contribution in [0, 0.1) is 0 Å². The van der Waals surface area contributed by atoms with Crippen LogP contribution in [0.15, 0.2) is 42.5 Å². The molecule has 0 bridgehead atoms. The molecule has 0 heterocycles. The molecule has 1 aliphatic carbocycles. The van der Waals surface area contributed by atoms with Crippen LogP contribution in [0.25, 0.3) is 0 Å². The van der Waals surface area contributed by atoms with Gasteiger partial charge in [0.05, 0.1) is 0 Å². The van der Waals surface area contributed by atoms with E-state index in [-0.39, 0.29) is 5.91 Å². The van der Waals surface area contributed by atoms with Crippen molar-refractivity contribution in [3.05, 3.63) is 64.2 Å². The molecule has 3 nitrogen and oxygen atoms in total. The molecule has 1 atom stereocenters. The lowest BCUT2D eigenvalue weighted by molar-refractivity contribution is -0.128. The van der Waals surface area contributed by atoms with Crippen molar-refractivity contribution in [2.75, 3.05) is 6.54 Å². The molecule has 0 aliphatic heterocycles. The minimum Gasteiger partial charge on any atom is -0.481 e. The predicted octanol–water partition coefficient (Wildman–Crippen LogP) is 5.13. The molecule has 0 unspecified atom stereocenters. The van der Waals surface area contributed by atoms with E-state index in [1.54, 1.807) is 0 Å². The van der Waals surface area contributed by atoms with E-state index in [4.69, 9.17) is 16.3 Å². The Bertz CT molecular complexity index is 775. The summed E-state index contributed by atoms with van der Waals surface area (Å²) >= 11 is 6.17. The predicted molar refractivity (Wildman–Crippen MR) is 111 cm³/mol. The number of aryl methyl sites for hydroxylation is 3. The summed E-state index contributed by atoms with van der Waals surface area (Å²) < 4.78 is 5.99. The van der Waals surface area contributed by atoms with E-state index >= 15 is 0 Å². The van der Waals surface area contributed by atoms with Crippen LogP contribution >= 0.6 is 11.6 Å². The maximum atomic E-state index is 12.5. The number of benzene rings is 2. The van der Waals surface area contributed by atoms with Crippen molar-refractivity contribution in [3.63, 3.8) is 0 Å². The topological polar surface area (TPSA) is 38.3 Å². The third-order valence-corrected chi connectivity index (χ3v) is 5.51. The summed E-state index contributed by atoms with van der Waals surface area (Å²) in [6.45, 7) is 2.60. The molecule has 144 valence electrons. The molecule has 27 heavy (non-hydrogen) atoms. The van der Waals surface area contributed by atoms with Crippen molar-refractivity contribution in [1.82, 2.24) is 5.32 Å². The van der Waals surface area contributed by atoms with Crippen molar-refractivity contribution in [2.45, 2.75) is 58.0 Å². The number of carbonyl (C=O) groups is 1. The van der Waals surface area contributed by atoms with E-state index in [1.807, 2.05) is 37.3 Å². The molecule has 2 aromatic rings. The van der Waals surface area contributed by atoms with Gasteiger partial charge in [0, 0.05) is 11.6 Å². The van der Waals surface area contributed by atoms with Crippen molar-refractivity contribution < 1.29 is 9.53 Å². The third-order valence-electron chi connectivity index (χ3n) is 5.14. The molecular formula is C23H28ClNO2. The molecule has 4 heteroatoms. The smallest absolute Gasteiger partial charge is 0.261 e. The van der Waals surface area contributed by atoms with Gasteiger partial charge in [0.1, 0.15) is 5.75 Å². The summed E-state index contributed by atoms with van der Waals surface area (Å²) in [6.07, 6.45) is 6.66. The highest BCUT2D eigenvalue weighted by atomic mass is 35.5. The van der Waals surface area contributed by atoms with Crippen LogP contribution in [0.2, 0.25) is 5.02 Å². The minimum atomic E-state index is -0.452. The fourth-order valence-corrected chi connectivity index (χ4v) is 3.81. The summed E-state index contributed by atoms with van der Waals surface area (Å²) in [5, 5.41) is 3.78. The van der Waals surface area contributed by atoms with E-state index in [1.165, 1.54) is 24.0 Å². The summed E-state index contributed by atoms with van der Waals surface area (Å²) in [4.78, 5) is 12.5. The first kappa shape index (κ1) is 19.8. The Kier molecular flexibility index (Phi) is 7.17. The van der Waals surface area contributed by atoms with Crippen molar-refractivity contribution in [2.24, 2.45) is 0 Å². The average Bonchev–Trinajstić information content (AvgIpc) is 2.70. The molecule has 1 amide bonds. The van der Waals surface area contributed by atoms with Crippen molar-refractivity contribution in [3.8, 4) is 5.75 Å². The SMILES string of the molecule is CC[C@@H](Oc1ccc2c(c1)CCCC2)C(=O)NCCCc1ccccc1Cl. The lowest BCUT2D eigenvalue weighted by Crippen LogP contribution is -2.38. The van der Waals surface area contributed by atoms with Crippen LogP contribution in [0.4, 0.5) is 0 Å². The monoisotopic (exact) mass is 385 g/mol. The van der Waals surface area contributed by atoms with Gasteiger partial charge in [-0.3, -0.25) is 4.79 Å². The van der Waals surface area contributed by atoms with Gasteiger partial charge in [-0.05, 0) is 79.8 Å². The quantitative estimate of drug-likeness (QED) is 0.640. The van der Waals surface area contributed by atoms with Gasteiger partial charge in [0.15, 0.2) is 6.10 Å². The zero-order chi connectivity index (χ0) is 19.1.